The van der Waals surface area contributed by atoms with Crippen molar-refractivity contribution in [2.45, 2.75) is 13.0 Å². The van der Waals surface area contributed by atoms with E-state index in [4.69, 9.17) is 9.72 Å². The molecule has 0 radical (unpaired) electrons. The van der Waals surface area contributed by atoms with Crippen LogP contribution in [0.5, 0.6) is 0 Å². The number of aromatic nitrogens is 2. The Hall–Kier alpha value is -3.84. The fourth-order valence-electron chi connectivity index (χ4n) is 4.83. The number of fused-ring (bicyclic) bond motifs is 1. The van der Waals surface area contributed by atoms with E-state index in [9.17, 15) is 10.0 Å². The predicted octanol–water partition coefficient (Wildman–Crippen LogP) is 4.80. The molecule has 4 aromatic rings. The summed E-state index contributed by atoms with van der Waals surface area (Å²) in [6.07, 6.45) is 1.53. The van der Waals surface area contributed by atoms with Gasteiger partial charge in [-0.25, -0.2) is 4.79 Å². The Morgan fingerprint density at radius 1 is 0.971 bits per heavy atom. The molecule has 3 heterocycles. The molecule has 7 nitrogen and oxygen atoms in total. The van der Waals surface area contributed by atoms with Crippen LogP contribution in [0.15, 0.2) is 79.0 Å². The van der Waals surface area contributed by atoms with Crippen molar-refractivity contribution in [1.82, 2.24) is 19.5 Å². The summed E-state index contributed by atoms with van der Waals surface area (Å²) in [5.41, 5.74) is 4.35. The van der Waals surface area contributed by atoms with Gasteiger partial charge in [0.25, 0.3) is 0 Å². The maximum Gasteiger partial charge on any atom is 0.409 e. The van der Waals surface area contributed by atoms with E-state index in [-0.39, 0.29) is 12.1 Å². The van der Waals surface area contributed by atoms with Gasteiger partial charge in [-0.1, -0.05) is 54.6 Å². The molecule has 1 atom stereocenters. The van der Waals surface area contributed by atoms with Crippen LogP contribution in [0.25, 0.3) is 22.2 Å². The Bertz CT molecular complexity index is 1270. The number of hydrogen-bond donors (Lipinski definition) is 1. The van der Waals surface area contributed by atoms with E-state index in [1.165, 1.54) is 4.73 Å². The number of para-hydroxylation sites is 1. The number of amides is 1. The zero-order valence-corrected chi connectivity index (χ0v) is 19.2. The number of piperazine rings is 1. The highest BCUT2D eigenvalue weighted by Crippen LogP contribution is 2.41. The average molecular weight is 457 g/mol. The molecule has 1 aliphatic heterocycles. The third-order valence-electron chi connectivity index (χ3n) is 6.38. The van der Waals surface area contributed by atoms with Gasteiger partial charge in [0, 0.05) is 48.9 Å². The lowest BCUT2D eigenvalue weighted by molar-refractivity contribution is 0.0711. The van der Waals surface area contributed by atoms with E-state index in [1.54, 1.807) is 11.1 Å². The summed E-state index contributed by atoms with van der Waals surface area (Å²) in [5, 5.41) is 12.3. The van der Waals surface area contributed by atoms with Gasteiger partial charge in [-0.3, -0.25) is 9.88 Å². The minimum Gasteiger partial charge on any atom is -0.450 e. The topological polar surface area (TPSA) is 70.8 Å². The maximum absolute atomic E-state index is 12.3. The van der Waals surface area contributed by atoms with Crippen molar-refractivity contribution < 1.29 is 14.7 Å². The first kappa shape index (κ1) is 22.0. The third kappa shape index (κ3) is 3.99. The van der Waals surface area contributed by atoms with Crippen LogP contribution in [-0.4, -0.2) is 63.6 Å². The van der Waals surface area contributed by atoms with E-state index in [0.717, 1.165) is 33.4 Å². The van der Waals surface area contributed by atoms with Gasteiger partial charge in [-0.15, -0.1) is 0 Å². The molecule has 1 saturated heterocycles. The van der Waals surface area contributed by atoms with Gasteiger partial charge in [-0.05, 0) is 25.1 Å². The third-order valence-corrected chi connectivity index (χ3v) is 6.38. The standard InChI is InChI=1S/C27H28N4O3/c1-2-34-27(32)30-18-16-29(17-19-30)26(22-13-8-9-15-28-22)24-21-12-6-7-14-23(21)31(33)25(24)20-10-4-3-5-11-20/h3-15,26,33H,2,16-19H2,1H3/t26-/m1/s1. The molecule has 0 unspecified atom stereocenters. The number of pyridine rings is 1. The van der Waals surface area contributed by atoms with Crippen molar-refractivity contribution >= 4 is 17.0 Å². The zero-order valence-electron chi connectivity index (χ0n) is 19.2. The number of ether oxygens (including phenoxy) is 1. The molecule has 0 bridgehead atoms. The predicted molar refractivity (Wildman–Crippen MR) is 131 cm³/mol. The summed E-state index contributed by atoms with van der Waals surface area (Å²) < 4.78 is 6.50. The van der Waals surface area contributed by atoms with Gasteiger partial charge in [-0.2, -0.15) is 4.73 Å². The van der Waals surface area contributed by atoms with Crippen LogP contribution < -0.4 is 0 Å². The molecule has 7 heteroatoms. The molecule has 0 spiro atoms. The molecule has 34 heavy (non-hydrogen) atoms. The van der Waals surface area contributed by atoms with Gasteiger partial charge in [0.15, 0.2) is 0 Å². The van der Waals surface area contributed by atoms with E-state index >= 15 is 0 Å². The van der Waals surface area contributed by atoms with Crippen LogP contribution in [0.3, 0.4) is 0 Å². The molecule has 5 rings (SSSR count). The summed E-state index contributed by atoms with van der Waals surface area (Å²) in [6, 6.07) is 23.6. The smallest absolute Gasteiger partial charge is 0.409 e. The monoisotopic (exact) mass is 456 g/mol. The van der Waals surface area contributed by atoms with Crippen molar-refractivity contribution in [2.75, 3.05) is 32.8 Å². The number of carbonyl (C=O) groups is 1. The van der Waals surface area contributed by atoms with Crippen molar-refractivity contribution in [2.24, 2.45) is 0 Å². The molecule has 1 N–H and O–H groups in total. The molecular weight excluding hydrogens is 428 g/mol. The lowest BCUT2D eigenvalue weighted by Gasteiger charge is -2.39. The molecule has 2 aromatic heterocycles. The Morgan fingerprint density at radius 3 is 2.38 bits per heavy atom. The summed E-state index contributed by atoms with van der Waals surface area (Å²) in [6.45, 7) is 4.66. The second kappa shape index (κ2) is 9.57. The normalized spacial score (nSPS) is 15.4. The first-order valence-electron chi connectivity index (χ1n) is 11.6. The van der Waals surface area contributed by atoms with E-state index < -0.39 is 0 Å². The number of hydrogen-bond acceptors (Lipinski definition) is 5. The second-order valence-corrected chi connectivity index (χ2v) is 8.34. The van der Waals surface area contributed by atoms with Crippen molar-refractivity contribution in [1.29, 1.82) is 0 Å². The minimum absolute atomic E-state index is 0.195. The van der Waals surface area contributed by atoms with Crippen LogP contribution in [-0.2, 0) is 4.74 Å². The summed E-state index contributed by atoms with van der Waals surface area (Å²) in [4.78, 5) is 21.1. The quantitative estimate of drug-likeness (QED) is 0.437. The highest BCUT2D eigenvalue weighted by molar-refractivity contribution is 5.92. The van der Waals surface area contributed by atoms with Crippen molar-refractivity contribution in [3.63, 3.8) is 0 Å². The molecule has 0 saturated carbocycles. The number of carbonyl (C=O) groups excluding carboxylic acids is 1. The van der Waals surface area contributed by atoms with Crippen LogP contribution in [0.1, 0.15) is 24.2 Å². The van der Waals surface area contributed by atoms with Gasteiger partial charge in [0.2, 0.25) is 0 Å². The fraction of sp³-hybridized carbons (Fsp3) is 0.259. The molecule has 0 aliphatic carbocycles. The molecule has 1 fully saturated rings. The summed E-state index contributed by atoms with van der Waals surface area (Å²) >= 11 is 0. The lowest BCUT2D eigenvalue weighted by Crippen LogP contribution is -2.50. The Morgan fingerprint density at radius 2 is 1.68 bits per heavy atom. The average Bonchev–Trinajstić information content (AvgIpc) is 3.18. The first-order chi connectivity index (χ1) is 16.7. The molecule has 1 aliphatic rings. The van der Waals surface area contributed by atoms with Crippen LogP contribution in [0.4, 0.5) is 4.79 Å². The molecule has 174 valence electrons. The SMILES string of the molecule is CCOC(=O)N1CCN([C@H](c2ccccn2)c2c(-c3ccccc3)n(O)c3ccccc23)CC1. The van der Waals surface area contributed by atoms with E-state index in [2.05, 4.69) is 11.0 Å². The van der Waals surface area contributed by atoms with Crippen LogP contribution in [0, 0.1) is 0 Å². The first-order valence-corrected chi connectivity index (χ1v) is 11.6. The molecule has 2 aromatic carbocycles. The number of nitrogens with zero attached hydrogens (tertiary/aromatic N) is 4. The highest BCUT2D eigenvalue weighted by Gasteiger charge is 2.34. The lowest BCUT2D eigenvalue weighted by atomic mass is 9.94. The summed E-state index contributed by atoms with van der Waals surface area (Å²) in [7, 11) is 0. The Kier molecular flexibility index (Phi) is 6.18. The van der Waals surface area contributed by atoms with E-state index in [1.807, 2.05) is 73.7 Å². The zero-order chi connectivity index (χ0) is 23.5. The van der Waals surface area contributed by atoms with Crippen molar-refractivity contribution in [3.8, 4) is 11.3 Å². The minimum atomic E-state index is -0.270. The highest BCUT2D eigenvalue weighted by atomic mass is 16.6. The molecular formula is C27H28N4O3. The largest absolute Gasteiger partial charge is 0.450 e. The van der Waals surface area contributed by atoms with Gasteiger partial charge in [0.05, 0.1) is 29.6 Å². The summed E-state index contributed by atoms with van der Waals surface area (Å²) in [5.74, 6) is 0. The van der Waals surface area contributed by atoms with Crippen LogP contribution in [0.2, 0.25) is 0 Å². The maximum atomic E-state index is 12.3. The number of rotatable bonds is 5. The van der Waals surface area contributed by atoms with Gasteiger partial charge < -0.3 is 14.8 Å². The van der Waals surface area contributed by atoms with Gasteiger partial charge >= 0.3 is 6.09 Å². The number of benzene rings is 2. The second-order valence-electron chi connectivity index (χ2n) is 8.34. The molecule has 1 amide bonds. The fourth-order valence-corrected chi connectivity index (χ4v) is 4.83. The van der Waals surface area contributed by atoms with Crippen molar-refractivity contribution in [3.05, 3.63) is 90.3 Å². The van der Waals surface area contributed by atoms with Gasteiger partial charge in [0.1, 0.15) is 0 Å². The Balaban J connectivity index is 1.64. The Labute approximate surface area is 198 Å². The van der Waals surface area contributed by atoms with Crippen LogP contribution >= 0.6 is 0 Å². The van der Waals surface area contributed by atoms with E-state index in [0.29, 0.717) is 32.8 Å².